The molecule has 176 valence electrons. The van der Waals surface area contributed by atoms with Crippen LogP contribution in [0.25, 0.3) is 0 Å². The quantitative estimate of drug-likeness (QED) is 0.463. The average molecular weight is 453 g/mol. The van der Waals surface area contributed by atoms with E-state index in [1.807, 2.05) is 18.7 Å². The molecule has 2 aromatic rings. The van der Waals surface area contributed by atoms with Crippen LogP contribution in [0.2, 0.25) is 0 Å². The van der Waals surface area contributed by atoms with Crippen molar-refractivity contribution in [3.8, 4) is 11.8 Å². The third-order valence-electron chi connectivity index (χ3n) is 5.70. The summed E-state index contributed by atoms with van der Waals surface area (Å²) in [5.74, 6) is 1.69. The summed E-state index contributed by atoms with van der Waals surface area (Å²) in [5.41, 5.74) is 0.351. The molecule has 6 nitrogen and oxygen atoms in total. The van der Waals surface area contributed by atoms with Crippen LogP contribution in [0.5, 0.6) is 11.8 Å². The van der Waals surface area contributed by atoms with E-state index in [1.165, 1.54) is 6.07 Å². The number of nitrogens with zero attached hydrogens (tertiary/aromatic N) is 4. The van der Waals surface area contributed by atoms with E-state index in [0.717, 1.165) is 24.5 Å². The van der Waals surface area contributed by atoms with Crippen molar-refractivity contribution in [1.82, 2.24) is 15.0 Å². The van der Waals surface area contributed by atoms with E-state index in [-0.39, 0.29) is 18.1 Å². The van der Waals surface area contributed by atoms with Gasteiger partial charge in [-0.3, -0.25) is 0 Å². The minimum Gasteiger partial charge on any atom is -0.474 e. The van der Waals surface area contributed by atoms with E-state index in [2.05, 4.69) is 28.8 Å². The second-order valence-corrected chi connectivity index (χ2v) is 7.91. The highest BCUT2D eigenvalue weighted by Crippen LogP contribution is 2.42. The van der Waals surface area contributed by atoms with E-state index in [9.17, 15) is 13.2 Å². The molecule has 0 saturated carbocycles. The van der Waals surface area contributed by atoms with Crippen molar-refractivity contribution < 1.29 is 22.6 Å². The van der Waals surface area contributed by atoms with Crippen LogP contribution in [0.3, 0.4) is 0 Å². The number of pyridine rings is 1. The summed E-state index contributed by atoms with van der Waals surface area (Å²) in [6.45, 7) is 10.3. The first-order chi connectivity index (χ1) is 15.2. The van der Waals surface area contributed by atoms with Gasteiger partial charge in [-0.2, -0.15) is 18.2 Å². The fraction of sp³-hybridized carbons (Fsp3) is 0.609. The molecule has 0 N–H and O–H groups in total. The number of aromatic nitrogens is 3. The Labute approximate surface area is 187 Å². The number of hydrogen-bond donors (Lipinski definition) is 0. The maximum atomic E-state index is 13.3. The predicted molar refractivity (Wildman–Crippen MR) is 117 cm³/mol. The standard InChI is InChI=1S/C23H31F3N4O2/c1-6-15(7-2)31-21-17-12-13-30(20(17)27-14(5)28-21)18-10-11-19(23(24,25)26)29-22(18)32-16(8-3)9-4/h10-11,15-16H,6-9,12-13H2,1-5H3. The summed E-state index contributed by atoms with van der Waals surface area (Å²) in [7, 11) is 0. The lowest BCUT2D eigenvalue weighted by Gasteiger charge is -2.24. The van der Waals surface area contributed by atoms with E-state index in [0.29, 0.717) is 49.0 Å². The fourth-order valence-corrected chi connectivity index (χ4v) is 3.77. The molecule has 0 aliphatic carbocycles. The Bertz CT molecular complexity index is 928. The van der Waals surface area contributed by atoms with Crippen LogP contribution in [0.4, 0.5) is 24.7 Å². The summed E-state index contributed by atoms with van der Waals surface area (Å²) in [5, 5.41) is 0. The lowest BCUT2D eigenvalue weighted by Crippen LogP contribution is -2.22. The van der Waals surface area contributed by atoms with Crippen molar-refractivity contribution >= 4 is 11.5 Å². The van der Waals surface area contributed by atoms with Gasteiger partial charge in [0, 0.05) is 6.54 Å². The Morgan fingerprint density at radius 2 is 1.50 bits per heavy atom. The van der Waals surface area contributed by atoms with Crippen molar-refractivity contribution in [2.75, 3.05) is 11.4 Å². The van der Waals surface area contributed by atoms with Gasteiger partial charge in [0.2, 0.25) is 11.8 Å². The highest BCUT2D eigenvalue weighted by Gasteiger charge is 2.36. The Kier molecular flexibility index (Phi) is 7.46. The molecule has 0 spiro atoms. The third-order valence-corrected chi connectivity index (χ3v) is 5.70. The molecule has 1 aliphatic heterocycles. The molecule has 32 heavy (non-hydrogen) atoms. The Hall–Kier alpha value is -2.58. The second-order valence-electron chi connectivity index (χ2n) is 7.91. The number of rotatable bonds is 9. The molecule has 0 saturated heterocycles. The van der Waals surface area contributed by atoms with E-state index < -0.39 is 11.9 Å². The third kappa shape index (κ3) is 5.07. The number of hydrogen-bond acceptors (Lipinski definition) is 6. The van der Waals surface area contributed by atoms with Crippen LogP contribution in [0.15, 0.2) is 12.1 Å². The lowest BCUT2D eigenvalue weighted by atomic mass is 10.2. The molecule has 2 aromatic heterocycles. The summed E-state index contributed by atoms with van der Waals surface area (Å²) >= 11 is 0. The minimum atomic E-state index is -4.55. The van der Waals surface area contributed by atoms with Gasteiger partial charge in [-0.1, -0.05) is 27.7 Å². The first-order valence-electron chi connectivity index (χ1n) is 11.3. The number of aryl methyl sites for hydroxylation is 1. The zero-order chi connectivity index (χ0) is 23.5. The first-order valence-corrected chi connectivity index (χ1v) is 11.3. The average Bonchev–Trinajstić information content (AvgIpc) is 3.18. The van der Waals surface area contributed by atoms with Crippen LogP contribution in [-0.2, 0) is 12.6 Å². The molecule has 0 unspecified atom stereocenters. The van der Waals surface area contributed by atoms with Crippen LogP contribution >= 0.6 is 0 Å². The van der Waals surface area contributed by atoms with Crippen molar-refractivity contribution in [3.63, 3.8) is 0 Å². The molecule has 0 bridgehead atoms. The minimum absolute atomic E-state index is 0.0277. The summed E-state index contributed by atoms with van der Waals surface area (Å²) in [4.78, 5) is 14.8. The molecule has 0 atom stereocenters. The number of anilines is 2. The normalized spacial score (nSPS) is 13.8. The van der Waals surface area contributed by atoms with Gasteiger partial charge >= 0.3 is 6.18 Å². The lowest BCUT2D eigenvalue weighted by molar-refractivity contribution is -0.141. The maximum absolute atomic E-state index is 13.3. The molecular weight excluding hydrogens is 421 g/mol. The SMILES string of the molecule is CCC(CC)Oc1nc(C(F)(F)F)ccc1N1CCc2c(OC(CC)CC)nc(C)nc21. The zero-order valence-corrected chi connectivity index (χ0v) is 19.3. The van der Waals surface area contributed by atoms with E-state index in [1.54, 1.807) is 6.92 Å². The molecule has 0 fully saturated rings. The molecule has 9 heteroatoms. The number of fused-ring (bicyclic) bond motifs is 1. The molecule has 0 amide bonds. The predicted octanol–water partition coefficient (Wildman–Crippen LogP) is 6.03. The first kappa shape index (κ1) is 24.1. The molecule has 0 radical (unpaired) electrons. The highest BCUT2D eigenvalue weighted by atomic mass is 19.4. The molecule has 3 rings (SSSR count). The van der Waals surface area contributed by atoms with Gasteiger partial charge in [-0.15, -0.1) is 0 Å². The van der Waals surface area contributed by atoms with E-state index >= 15 is 0 Å². The van der Waals surface area contributed by atoms with Gasteiger partial charge in [0.15, 0.2) is 0 Å². The van der Waals surface area contributed by atoms with E-state index in [4.69, 9.17) is 9.47 Å². The van der Waals surface area contributed by atoms with Crippen LogP contribution in [-0.4, -0.2) is 33.7 Å². The summed E-state index contributed by atoms with van der Waals surface area (Å²) in [6.07, 6.45) is -1.07. The topological polar surface area (TPSA) is 60.4 Å². The number of alkyl halides is 3. The van der Waals surface area contributed by atoms with Gasteiger partial charge < -0.3 is 14.4 Å². The molecule has 0 aromatic carbocycles. The van der Waals surface area contributed by atoms with Crippen molar-refractivity contribution in [2.24, 2.45) is 0 Å². The molecule has 3 heterocycles. The largest absolute Gasteiger partial charge is 0.474 e. The van der Waals surface area contributed by atoms with Crippen LogP contribution in [0.1, 0.15) is 70.5 Å². The van der Waals surface area contributed by atoms with Crippen LogP contribution < -0.4 is 14.4 Å². The zero-order valence-electron chi connectivity index (χ0n) is 19.3. The van der Waals surface area contributed by atoms with Gasteiger partial charge in [-0.25, -0.2) is 9.97 Å². The second kappa shape index (κ2) is 9.92. The Morgan fingerprint density at radius 1 is 0.906 bits per heavy atom. The van der Waals surface area contributed by atoms with Gasteiger partial charge in [-0.05, 0) is 51.2 Å². The van der Waals surface area contributed by atoms with Crippen LogP contribution in [0, 0.1) is 6.92 Å². The monoisotopic (exact) mass is 452 g/mol. The maximum Gasteiger partial charge on any atom is 0.433 e. The van der Waals surface area contributed by atoms with Gasteiger partial charge in [0.1, 0.15) is 29.1 Å². The summed E-state index contributed by atoms with van der Waals surface area (Å²) in [6, 6.07) is 2.41. The number of ether oxygens (including phenoxy) is 2. The Balaban J connectivity index is 2.05. The Morgan fingerprint density at radius 3 is 2.06 bits per heavy atom. The molecule has 1 aliphatic rings. The van der Waals surface area contributed by atoms with Gasteiger partial charge in [0.05, 0.1) is 11.7 Å². The highest BCUT2D eigenvalue weighted by molar-refractivity contribution is 5.71. The van der Waals surface area contributed by atoms with Crippen molar-refractivity contribution in [1.29, 1.82) is 0 Å². The molecular formula is C23H31F3N4O2. The number of halogens is 3. The van der Waals surface area contributed by atoms with Crippen molar-refractivity contribution in [2.45, 2.75) is 85.1 Å². The van der Waals surface area contributed by atoms with Crippen molar-refractivity contribution in [3.05, 3.63) is 29.2 Å². The summed E-state index contributed by atoms with van der Waals surface area (Å²) < 4.78 is 52.1. The van der Waals surface area contributed by atoms with Gasteiger partial charge in [0.25, 0.3) is 0 Å². The smallest absolute Gasteiger partial charge is 0.433 e. The fourth-order valence-electron chi connectivity index (χ4n) is 3.77.